The van der Waals surface area contributed by atoms with Crippen LogP contribution in [0.5, 0.6) is 0 Å². The summed E-state index contributed by atoms with van der Waals surface area (Å²) < 4.78 is 0. The second kappa shape index (κ2) is 4.57. The maximum atomic E-state index is 12.3. The highest BCUT2D eigenvalue weighted by Gasteiger charge is 2.28. The van der Waals surface area contributed by atoms with Crippen molar-refractivity contribution < 1.29 is 9.59 Å². The Balaban J connectivity index is 2.42. The number of amides is 2. The predicted molar refractivity (Wildman–Crippen MR) is 65.9 cm³/mol. The molecule has 0 saturated carbocycles. The molecule has 1 atom stereocenters. The van der Waals surface area contributed by atoms with Gasteiger partial charge in [0.1, 0.15) is 6.54 Å². The number of hydrogen-bond donors (Lipinski definition) is 1. The summed E-state index contributed by atoms with van der Waals surface area (Å²) in [4.78, 5) is 25.7. The molecule has 1 N–H and O–H groups in total. The van der Waals surface area contributed by atoms with Gasteiger partial charge in [-0.2, -0.15) is 0 Å². The Kier molecular flexibility index (Phi) is 3.13. The summed E-state index contributed by atoms with van der Waals surface area (Å²) in [6, 6.07) is 7.19. The van der Waals surface area contributed by atoms with Crippen molar-refractivity contribution in [1.82, 2.24) is 4.90 Å². The molecule has 1 aromatic rings. The van der Waals surface area contributed by atoms with Crippen LogP contribution in [-0.4, -0.2) is 29.3 Å². The summed E-state index contributed by atoms with van der Waals surface area (Å²) in [6.45, 7) is 4.09. The fraction of sp³-hybridized carbons (Fsp3) is 0.385. The minimum atomic E-state index is -0.136. The van der Waals surface area contributed by atoms with Gasteiger partial charge in [0.05, 0.1) is 11.3 Å². The maximum absolute atomic E-state index is 12.3. The lowest BCUT2D eigenvalue weighted by molar-refractivity contribution is -0.117. The highest BCUT2D eigenvalue weighted by atomic mass is 16.2. The highest BCUT2D eigenvalue weighted by molar-refractivity contribution is 6.08. The quantitative estimate of drug-likeness (QED) is 0.846. The Bertz CT molecular complexity index is 456. The summed E-state index contributed by atoms with van der Waals surface area (Å²) in [7, 11) is 0. The Labute approximate surface area is 101 Å². The first kappa shape index (κ1) is 11.6. The molecule has 2 rings (SSSR count). The molecule has 1 aliphatic rings. The number of rotatable bonds is 2. The van der Waals surface area contributed by atoms with Crippen molar-refractivity contribution in [3.63, 3.8) is 0 Å². The third-order valence-corrected chi connectivity index (χ3v) is 3.13. The molecule has 1 heterocycles. The Hall–Kier alpha value is -1.84. The van der Waals surface area contributed by atoms with E-state index in [1.54, 1.807) is 17.0 Å². The van der Waals surface area contributed by atoms with Crippen LogP contribution in [0.1, 0.15) is 30.6 Å². The number of carbonyl (C=O) groups is 2. The van der Waals surface area contributed by atoms with Gasteiger partial charge in [-0.05, 0) is 25.5 Å². The van der Waals surface area contributed by atoms with E-state index in [9.17, 15) is 9.59 Å². The molecule has 90 valence electrons. The van der Waals surface area contributed by atoms with Crippen LogP contribution in [0.2, 0.25) is 0 Å². The van der Waals surface area contributed by atoms with E-state index in [1.807, 2.05) is 26.0 Å². The molecule has 0 radical (unpaired) electrons. The zero-order chi connectivity index (χ0) is 12.4. The summed E-state index contributed by atoms with van der Waals surface area (Å²) in [5.74, 6) is -0.211. The van der Waals surface area contributed by atoms with E-state index in [0.717, 1.165) is 6.42 Å². The van der Waals surface area contributed by atoms with Crippen molar-refractivity contribution in [2.24, 2.45) is 0 Å². The lowest BCUT2D eigenvalue weighted by atomic mass is 10.1. The normalized spacial score (nSPS) is 17.2. The number of carbonyl (C=O) groups excluding carboxylic acids is 2. The topological polar surface area (TPSA) is 49.4 Å². The number of para-hydroxylation sites is 1. The molecule has 2 amide bonds. The molecule has 4 heteroatoms. The molecule has 1 unspecified atom stereocenters. The van der Waals surface area contributed by atoms with Crippen LogP contribution in [0.25, 0.3) is 0 Å². The van der Waals surface area contributed by atoms with Gasteiger partial charge in [0.25, 0.3) is 5.91 Å². The van der Waals surface area contributed by atoms with E-state index in [4.69, 9.17) is 0 Å². The lowest BCUT2D eigenvalue weighted by Gasteiger charge is -2.26. The Morgan fingerprint density at radius 2 is 2.06 bits per heavy atom. The minimum Gasteiger partial charge on any atom is -0.327 e. The standard InChI is InChI=1S/C13H16N2O2/c1-3-9(2)15-8-12(16)14-11-7-5-4-6-10(11)13(15)17/h4-7,9H,3,8H2,1-2H3,(H,14,16). The maximum Gasteiger partial charge on any atom is 0.256 e. The second-order valence-corrected chi connectivity index (χ2v) is 4.28. The molecule has 1 aromatic carbocycles. The van der Waals surface area contributed by atoms with Crippen LogP contribution >= 0.6 is 0 Å². The van der Waals surface area contributed by atoms with Crippen molar-refractivity contribution in [1.29, 1.82) is 0 Å². The summed E-state index contributed by atoms with van der Waals surface area (Å²) in [5.41, 5.74) is 1.17. The fourth-order valence-corrected chi connectivity index (χ4v) is 1.93. The molecular weight excluding hydrogens is 216 g/mol. The van der Waals surface area contributed by atoms with Gasteiger partial charge in [-0.1, -0.05) is 19.1 Å². The average Bonchev–Trinajstić information content (AvgIpc) is 2.46. The third-order valence-electron chi connectivity index (χ3n) is 3.13. The van der Waals surface area contributed by atoms with Gasteiger partial charge in [-0.25, -0.2) is 0 Å². The molecule has 0 spiro atoms. The molecule has 0 aliphatic carbocycles. The summed E-state index contributed by atoms with van der Waals surface area (Å²) in [5, 5.41) is 2.76. The van der Waals surface area contributed by atoms with Crippen molar-refractivity contribution in [2.75, 3.05) is 11.9 Å². The average molecular weight is 232 g/mol. The number of anilines is 1. The van der Waals surface area contributed by atoms with Gasteiger partial charge >= 0.3 is 0 Å². The third kappa shape index (κ3) is 2.16. The fourth-order valence-electron chi connectivity index (χ4n) is 1.93. The van der Waals surface area contributed by atoms with Crippen LogP contribution in [0.15, 0.2) is 24.3 Å². The van der Waals surface area contributed by atoms with Crippen molar-refractivity contribution in [2.45, 2.75) is 26.3 Å². The Morgan fingerprint density at radius 3 is 2.76 bits per heavy atom. The zero-order valence-corrected chi connectivity index (χ0v) is 10.1. The molecule has 1 aliphatic heterocycles. The molecule has 0 saturated heterocycles. The van der Waals surface area contributed by atoms with E-state index >= 15 is 0 Å². The highest BCUT2D eigenvalue weighted by Crippen LogP contribution is 2.22. The molecular formula is C13H16N2O2. The van der Waals surface area contributed by atoms with Crippen LogP contribution in [-0.2, 0) is 4.79 Å². The largest absolute Gasteiger partial charge is 0.327 e. The first-order valence-electron chi connectivity index (χ1n) is 5.83. The van der Waals surface area contributed by atoms with Crippen molar-refractivity contribution in [3.8, 4) is 0 Å². The van der Waals surface area contributed by atoms with Crippen LogP contribution < -0.4 is 5.32 Å². The molecule has 0 bridgehead atoms. The monoisotopic (exact) mass is 232 g/mol. The van der Waals surface area contributed by atoms with Gasteiger partial charge in [0.2, 0.25) is 5.91 Å². The van der Waals surface area contributed by atoms with E-state index in [0.29, 0.717) is 11.3 Å². The molecule has 4 nitrogen and oxygen atoms in total. The number of nitrogens with zero attached hydrogens (tertiary/aromatic N) is 1. The molecule has 17 heavy (non-hydrogen) atoms. The lowest BCUT2D eigenvalue weighted by Crippen LogP contribution is -2.41. The molecule has 0 aromatic heterocycles. The number of fused-ring (bicyclic) bond motifs is 1. The van der Waals surface area contributed by atoms with E-state index < -0.39 is 0 Å². The molecule has 0 fully saturated rings. The van der Waals surface area contributed by atoms with Crippen LogP contribution in [0, 0.1) is 0 Å². The van der Waals surface area contributed by atoms with Gasteiger partial charge < -0.3 is 10.2 Å². The zero-order valence-electron chi connectivity index (χ0n) is 10.1. The smallest absolute Gasteiger partial charge is 0.256 e. The SMILES string of the molecule is CCC(C)N1CC(=O)Nc2ccccc2C1=O. The van der Waals surface area contributed by atoms with Crippen LogP contribution in [0.3, 0.4) is 0 Å². The Morgan fingerprint density at radius 1 is 1.35 bits per heavy atom. The first-order chi connectivity index (χ1) is 8.13. The van der Waals surface area contributed by atoms with Crippen LogP contribution in [0.4, 0.5) is 5.69 Å². The van der Waals surface area contributed by atoms with Gasteiger partial charge in [0.15, 0.2) is 0 Å². The summed E-state index contributed by atoms with van der Waals surface area (Å²) in [6.07, 6.45) is 0.835. The first-order valence-corrected chi connectivity index (χ1v) is 5.83. The van der Waals surface area contributed by atoms with Crippen molar-refractivity contribution >= 4 is 17.5 Å². The number of nitrogens with one attached hydrogen (secondary N) is 1. The van der Waals surface area contributed by atoms with Gasteiger partial charge in [-0.15, -0.1) is 0 Å². The van der Waals surface area contributed by atoms with Gasteiger partial charge in [0, 0.05) is 6.04 Å². The summed E-state index contributed by atoms with van der Waals surface area (Å²) >= 11 is 0. The number of benzene rings is 1. The second-order valence-electron chi connectivity index (χ2n) is 4.28. The minimum absolute atomic E-state index is 0.0689. The van der Waals surface area contributed by atoms with E-state index in [-0.39, 0.29) is 24.4 Å². The van der Waals surface area contributed by atoms with Crippen molar-refractivity contribution in [3.05, 3.63) is 29.8 Å². The predicted octanol–water partition coefficient (Wildman–Crippen LogP) is 1.88. The van der Waals surface area contributed by atoms with E-state index in [2.05, 4.69) is 5.32 Å². The number of hydrogen-bond acceptors (Lipinski definition) is 2. The van der Waals surface area contributed by atoms with E-state index in [1.165, 1.54) is 0 Å². The van der Waals surface area contributed by atoms with Gasteiger partial charge in [-0.3, -0.25) is 9.59 Å².